The Hall–Kier alpha value is -1.13. The van der Waals surface area contributed by atoms with Crippen LogP contribution in [0.1, 0.15) is 5.56 Å². The molecule has 1 heterocycles. The molecule has 2 aromatic rings. The average molecular weight is 404 g/mol. The van der Waals surface area contributed by atoms with E-state index in [1.807, 2.05) is 4.72 Å². The van der Waals surface area contributed by atoms with Crippen LogP contribution in [-0.2, 0) is 16.2 Å². The average Bonchev–Trinajstić information content (AvgIpc) is 2.74. The molecule has 0 saturated heterocycles. The van der Waals surface area contributed by atoms with Crippen LogP contribution in [0.2, 0.25) is 0 Å². The van der Waals surface area contributed by atoms with Crippen molar-refractivity contribution in [2.45, 2.75) is 10.4 Å². The largest absolute Gasteiger partial charge is 0.416 e. The lowest BCUT2D eigenvalue weighted by molar-refractivity contribution is -0.137. The molecule has 0 amide bonds. The predicted molar refractivity (Wildman–Crippen MR) is 74.2 cm³/mol. The highest BCUT2D eigenvalue weighted by Gasteiger charge is 2.31. The summed E-state index contributed by atoms with van der Waals surface area (Å²) in [4.78, 5) is 0. The Labute approximate surface area is 129 Å². The summed E-state index contributed by atoms with van der Waals surface area (Å²) in [7, 11) is -4.07. The molecule has 114 valence electrons. The highest BCUT2D eigenvalue weighted by molar-refractivity contribution is 9.11. The fourth-order valence-corrected chi connectivity index (χ4v) is 4.51. The smallest absolute Gasteiger partial charge is 0.279 e. The summed E-state index contributed by atoms with van der Waals surface area (Å²) in [5, 5.41) is 0. The first-order chi connectivity index (χ1) is 9.58. The topological polar surface area (TPSA) is 46.2 Å². The molecule has 0 spiro atoms. The second kappa shape index (κ2) is 5.58. The van der Waals surface area contributed by atoms with Gasteiger partial charge in [0.05, 0.1) is 15.0 Å². The summed E-state index contributed by atoms with van der Waals surface area (Å²) in [5.74, 6) is -1.19. The maximum atomic E-state index is 13.2. The van der Waals surface area contributed by atoms with Gasteiger partial charge in [-0.3, -0.25) is 4.72 Å². The van der Waals surface area contributed by atoms with Crippen molar-refractivity contribution in [3.63, 3.8) is 0 Å². The summed E-state index contributed by atoms with van der Waals surface area (Å²) in [6, 6.07) is 4.26. The number of thiophene rings is 1. The van der Waals surface area contributed by atoms with Crippen molar-refractivity contribution in [1.82, 2.24) is 0 Å². The van der Waals surface area contributed by atoms with Crippen molar-refractivity contribution in [3.05, 3.63) is 45.5 Å². The number of nitrogens with one attached hydrogen (secondary N) is 1. The van der Waals surface area contributed by atoms with Crippen LogP contribution in [0, 0.1) is 5.82 Å². The number of anilines is 1. The van der Waals surface area contributed by atoms with Crippen LogP contribution in [-0.4, -0.2) is 8.42 Å². The van der Waals surface area contributed by atoms with Gasteiger partial charge in [0.2, 0.25) is 0 Å². The van der Waals surface area contributed by atoms with Crippen LogP contribution < -0.4 is 4.72 Å². The fourth-order valence-electron chi connectivity index (χ4n) is 1.46. The van der Waals surface area contributed by atoms with Crippen molar-refractivity contribution in [1.29, 1.82) is 0 Å². The van der Waals surface area contributed by atoms with E-state index in [2.05, 4.69) is 15.9 Å². The summed E-state index contributed by atoms with van der Waals surface area (Å²) in [6.45, 7) is 0. The van der Waals surface area contributed by atoms with Crippen LogP contribution in [0.4, 0.5) is 23.2 Å². The summed E-state index contributed by atoms with van der Waals surface area (Å²) >= 11 is 3.95. The molecule has 0 fully saturated rings. The van der Waals surface area contributed by atoms with Crippen molar-refractivity contribution >= 4 is 43.0 Å². The van der Waals surface area contributed by atoms with Gasteiger partial charge in [0, 0.05) is 0 Å². The molecule has 1 aromatic carbocycles. The van der Waals surface area contributed by atoms with E-state index < -0.39 is 33.3 Å². The SMILES string of the molecule is O=S(=O)(Nc1cc(F)cc(C(F)(F)F)c1)c1ccc(Br)s1. The lowest BCUT2D eigenvalue weighted by Gasteiger charge is -2.11. The van der Waals surface area contributed by atoms with Gasteiger partial charge < -0.3 is 0 Å². The molecule has 0 bridgehead atoms. The highest BCUT2D eigenvalue weighted by atomic mass is 79.9. The van der Waals surface area contributed by atoms with E-state index >= 15 is 0 Å². The van der Waals surface area contributed by atoms with Crippen LogP contribution in [0.25, 0.3) is 0 Å². The molecule has 0 aliphatic rings. The molecule has 10 heteroatoms. The molecule has 0 saturated carbocycles. The van der Waals surface area contributed by atoms with Crippen molar-refractivity contribution in [3.8, 4) is 0 Å². The summed E-state index contributed by atoms with van der Waals surface area (Å²) < 4.78 is 77.2. The van der Waals surface area contributed by atoms with E-state index in [0.29, 0.717) is 22.0 Å². The first-order valence-corrected chi connectivity index (χ1v) is 8.33. The Morgan fingerprint density at radius 1 is 1.14 bits per heavy atom. The van der Waals surface area contributed by atoms with E-state index in [4.69, 9.17) is 0 Å². The first-order valence-electron chi connectivity index (χ1n) is 5.24. The highest BCUT2D eigenvalue weighted by Crippen LogP contribution is 2.33. The van der Waals surface area contributed by atoms with Gasteiger partial charge >= 0.3 is 6.18 Å². The molecule has 0 aliphatic carbocycles. The van der Waals surface area contributed by atoms with Gasteiger partial charge in [0.15, 0.2) is 0 Å². The van der Waals surface area contributed by atoms with Crippen LogP contribution in [0.5, 0.6) is 0 Å². The molecular formula is C11H6BrF4NO2S2. The van der Waals surface area contributed by atoms with E-state index in [1.165, 1.54) is 12.1 Å². The molecule has 0 radical (unpaired) electrons. The lowest BCUT2D eigenvalue weighted by atomic mass is 10.2. The van der Waals surface area contributed by atoms with Crippen LogP contribution >= 0.6 is 27.3 Å². The molecule has 1 N–H and O–H groups in total. The van der Waals surface area contributed by atoms with Gasteiger partial charge in [-0.25, -0.2) is 12.8 Å². The zero-order valence-corrected chi connectivity index (χ0v) is 13.1. The molecule has 0 unspecified atom stereocenters. The van der Waals surface area contributed by atoms with Crippen LogP contribution in [0.15, 0.2) is 38.3 Å². The molecule has 1 aromatic heterocycles. The van der Waals surface area contributed by atoms with Gasteiger partial charge in [-0.1, -0.05) is 0 Å². The zero-order valence-electron chi connectivity index (χ0n) is 9.91. The maximum Gasteiger partial charge on any atom is 0.416 e. The summed E-state index contributed by atoms with van der Waals surface area (Å²) in [6.07, 6.45) is -4.77. The maximum absolute atomic E-state index is 13.2. The Bertz CT molecular complexity index is 771. The minimum absolute atomic E-state index is 0.104. The predicted octanol–water partition coefficient (Wildman–Crippen LogP) is 4.47. The third-order valence-electron chi connectivity index (χ3n) is 2.29. The standard InChI is InChI=1S/C11H6BrF4NO2S2/c12-9-1-2-10(20-9)21(18,19)17-8-4-6(11(14,15)16)3-7(13)5-8/h1-5,17H. The van der Waals surface area contributed by atoms with Crippen molar-refractivity contribution in [2.24, 2.45) is 0 Å². The number of hydrogen-bond acceptors (Lipinski definition) is 3. The van der Waals surface area contributed by atoms with Gasteiger partial charge in [-0.15, -0.1) is 11.3 Å². The van der Waals surface area contributed by atoms with Gasteiger partial charge in [-0.2, -0.15) is 13.2 Å². The third-order valence-corrected chi connectivity index (χ3v) is 5.79. The van der Waals surface area contributed by atoms with E-state index in [9.17, 15) is 26.0 Å². The number of hydrogen-bond donors (Lipinski definition) is 1. The fraction of sp³-hybridized carbons (Fsp3) is 0.0909. The van der Waals surface area contributed by atoms with Gasteiger partial charge in [0.25, 0.3) is 10.0 Å². The number of benzene rings is 1. The minimum atomic E-state index is -4.77. The van der Waals surface area contributed by atoms with E-state index in [0.717, 1.165) is 11.3 Å². The normalized spacial score (nSPS) is 12.4. The molecule has 2 rings (SSSR count). The third kappa shape index (κ3) is 3.95. The molecule has 0 aliphatic heterocycles. The number of rotatable bonds is 3. The molecular weight excluding hydrogens is 398 g/mol. The molecule has 21 heavy (non-hydrogen) atoms. The second-order valence-electron chi connectivity index (χ2n) is 3.89. The second-order valence-corrected chi connectivity index (χ2v) is 8.26. The van der Waals surface area contributed by atoms with Gasteiger partial charge in [0.1, 0.15) is 10.0 Å². The Morgan fingerprint density at radius 2 is 1.81 bits per heavy atom. The summed E-state index contributed by atoms with van der Waals surface area (Å²) in [5.41, 5.74) is -1.76. The van der Waals surface area contributed by atoms with E-state index in [1.54, 1.807) is 0 Å². The molecule has 3 nitrogen and oxygen atoms in total. The quantitative estimate of drug-likeness (QED) is 0.768. The number of halogens is 5. The first kappa shape index (κ1) is 16.2. The Balaban J connectivity index is 2.38. The Kier molecular flexibility index (Phi) is 4.31. The lowest BCUT2D eigenvalue weighted by Crippen LogP contribution is -2.13. The molecule has 0 atom stereocenters. The van der Waals surface area contributed by atoms with Crippen molar-refractivity contribution < 1.29 is 26.0 Å². The Morgan fingerprint density at radius 3 is 2.33 bits per heavy atom. The van der Waals surface area contributed by atoms with Crippen LogP contribution in [0.3, 0.4) is 0 Å². The number of sulfonamides is 1. The zero-order chi connectivity index (χ0) is 15.8. The minimum Gasteiger partial charge on any atom is -0.279 e. The number of alkyl halides is 3. The monoisotopic (exact) mass is 403 g/mol. The van der Waals surface area contributed by atoms with Gasteiger partial charge in [-0.05, 0) is 46.3 Å². The van der Waals surface area contributed by atoms with Crippen molar-refractivity contribution in [2.75, 3.05) is 4.72 Å². The van der Waals surface area contributed by atoms with E-state index in [-0.39, 0.29) is 4.21 Å².